The minimum absolute atomic E-state index is 0.292. The van der Waals surface area contributed by atoms with Crippen LogP contribution >= 0.6 is 11.3 Å². The van der Waals surface area contributed by atoms with E-state index < -0.39 is 12.2 Å². The molecule has 0 fully saturated rings. The lowest BCUT2D eigenvalue weighted by Crippen LogP contribution is -2.46. The summed E-state index contributed by atoms with van der Waals surface area (Å²) in [5.41, 5.74) is 0.726. The Morgan fingerprint density at radius 1 is 1.16 bits per heavy atom. The number of hydrogen-bond acceptors (Lipinski definition) is 6. The normalized spacial score (nSPS) is 18.8. The Hall–Kier alpha value is -2.80. The van der Waals surface area contributed by atoms with Gasteiger partial charge in [-0.15, -0.1) is 0 Å². The van der Waals surface area contributed by atoms with Crippen molar-refractivity contribution in [2.24, 2.45) is 0 Å². The van der Waals surface area contributed by atoms with Gasteiger partial charge >= 0.3 is 0 Å². The standard InChI is InChI=1S/C18H16N2O4S/c1-10-16(24-12-7-4-3-6-11(12)23-10)17(21)20-18-19-15-13(22-2)8-5-9-14(15)25-18/h3-10,16H,1-2H3,(H,19,20,21). The summed E-state index contributed by atoms with van der Waals surface area (Å²) >= 11 is 1.39. The van der Waals surface area contributed by atoms with Crippen molar-refractivity contribution >= 4 is 32.6 Å². The third kappa shape index (κ3) is 2.87. The van der Waals surface area contributed by atoms with Gasteiger partial charge in [0, 0.05) is 0 Å². The van der Waals surface area contributed by atoms with Gasteiger partial charge in [0.25, 0.3) is 5.91 Å². The fourth-order valence-electron chi connectivity index (χ4n) is 2.72. The van der Waals surface area contributed by atoms with Crippen LogP contribution in [0.15, 0.2) is 42.5 Å². The van der Waals surface area contributed by atoms with E-state index in [0.29, 0.717) is 22.4 Å². The summed E-state index contributed by atoms with van der Waals surface area (Å²) in [7, 11) is 1.60. The first-order valence-corrected chi connectivity index (χ1v) is 8.64. The summed E-state index contributed by atoms with van der Waals surface area (Å²) in [6.45, 7) is 1.81. The number of carbonyl (C=O) groups is 1. The summed E-state index contributed by atoms with van der Waals surface area (Å²) in [5, 5.41) is 3.32. The molecule has 0 bridgehead atoms. The van der Waals surface area contributed by atoms with Crippen molar-refractivity contribution in [3.05, 3.63) is 42.5 Å². The molecular weight excluding hydrogens is 340 g/mol. The Morgan fingerprint density at radius 2 is 1.92 bits per heavy atom. The number of hydrogen-bond donors (Lipinski definition) is 1. The number of anilines is 1. The number of carbonyl (C=O) groups excluding carboxylic acids is 1. The number of aromatic nitrogens is 1. The molecule has 1 aliphatic rings. The molecule has 3 aromatic rings. The second-order valence-corrected chi connectivity index (χ2v) is 6.65. The first-order valence-electron chi connectivity index (χ1n) is 7.82. The number of para-hydroxylation sites is 3. The summed E-state index contributed by atoms with van der Waals surface area (Å²) in [6, 6.07) is 13.0. The summed E-state index contributed by atoms with van der Waals surface area (Å²) in [6.07, 6.45) is -1.15. The molecule has 0 saturated carbocycles. The zero-order valence-corrected chi connectivity index (χ0v) is 14.5. The summed E-state index contributed by atoms with van der Waals surface area (Å²) in [5.74, 6) is 1.59. The zero-order valence-electron chi connectivity index (χ0n) is 13.7. The topological polar surface area (TPSA) is 69.7 Å². The fraction of sp³-hybridized carbons (Fsp3) is 0.222. The second-order valence-electron chi connectivity index (χ2n) is 5.62. The Kier molecular flexibility index (Phi) is 3.93. The highest BCUT2D eigenvalue weighted by Gasteiger charge is 2.34. The summed E-state index contributed by atoms with van der Waals surface area (Å²) < 4.78 is 17.8. The van der Waals surface area contributed by atoms with Crippen LogP contribution in [0.3, 0.4) is 0 Å². The predicted molar refractivity (Wildman–Crippen MR) is 95.7 cm³/mol. The molecule has 0 radical (unpaired) electrons. The highest BCUT2D eigenvalue weighted by Crippen LogP contribution is 2.35. The van der Waals surface area contributed by atoms with E-state index in [0.717, 1.165) is 10.2 Å². The van der Waals surface area contributed by atoms with E-state index >= 15 is 0 Å². The number of amides is 1. The van der Waals surface area contributed by atoms with E-state index in [1.54, 1.807) is 13.2 Å². The first-order chi connectivity index (χ1) is 12.2. The van der Waals surface area contributed by atoms with Crippen molar-refractivity contribution < 1.29 is 19.0 Å². The minimum atomic E-state index is -0.746. The molecule has 128 valence electrons. The maximum atomic E-state index is 12.6. The van der Waals surface area contributed by atoms with Crippen molar-refractivity contribution in [3.63, 3.8) is 0 Å². The molecule has 2 unspecified atom stereocenters. The van der Waals surface area contributed by atoms with Crippen LogP contribution in [-0.4, -0.2) is 30.2 Å². The molecule has 6 nitrogen and oxygen atoms in total. The molecule has 0 aliphatic carbocycles. The van der Waals surface area contributed by atoms with Gasteiger partial charge in [0.15, 0.2) is 16.6 Å². The molecule has 2 atom stereocenters. The molecule has 1 amide bonds. The van der Waals surface area contributed by atoms with Crippen LogP contribution in [-0.2, 0) is 4.79 Å². The van der Waals surface area contributed by atoms with E-state index in [4.69, 9.17) is 14.2 Å². The molecule has 2 aromatic carbocycles. The molecule has 0 spiro atoms. The van der Waals surface area contributed by atoms with E-state index in [-0.39, 0.29) is 5.91 Å². The number of nitrogens with zero attached hydrogens (tertiary/aromatic N) is 1. The molecule has 4 rings (SSSR count). The number of methoxy groups -OCH3 is 1. The van der Waals surface area contributed by atoms with Gasteiger partial charge in [0.2, 0.25) is 6.10 Å². The van der Waals surface area contributed by atoms with Crippen molar-refractivity contribution in [1.82, 2.24) is 4.98 Å². The third-order valence-electron chi connectivity index (χ3n) is 3.93. The molecule has 1 aromatic heterocycles. The Bertz CT molecular complexity index is 940. The van der Waals surface area contributed by atoms with Crippen LogP contribution in [0.4, 0.5) is 5.13 Å². The van der Waals surface area contributed by atoms with Gasteiger partial charge in [-0.25, -0.2) is 4.98 Å². The molecule has 25 heavy (non-hydrogen) atoms. The van der Waals surface area contributed by atoms with Gasteiger partial charge in [-0.3, -0.25) is 10.1 Å². The number of fused-ring (bicyclic) bond motifs is 2. The zero-order chi connectivity index (χ0) is 17.4. The Labute approximate surface area is 148 Å². The van der Waals surface area contributed by atoms with Gasteiger partial charge < -0.3 is 14.2 Å². The van der Waals surface area contributed by atoms with Crippen LogP contribution < -0.4 is 19.5 Å². The lowest BCUT2D eigenvalue weighted by Gasteiger charge is -2.30. The van der Waals surface area contributed by atoms with Gasteiger partial charge in [-0.1, -0.05) is 29.5 Å². The van der Waals surface area contributed by atoms with E-state index in [9.17, 15) is 4.79 Å². The van der Waals surface area contributed by atoms with Crippen LogP contribution in [0, 0.1) is 0 Å². The maximum Gasteiger partial charge on any atom is 0.271 e. The SMILES string of the molecule is COc1cccc2sc(NC(=O)C3Oc4ccccc4OC3C)nc12. The highest BCUT2D eigenvalue weighted by atomic mass is 32.1. The monoisotopic (exact) mass is 356 g/mol. The smallest absolute Gasteiger partial charge is 0.271 e. The number of ether oxygens (including phenoxy) is 3. The highest BCUT2D eigenvalue weighted by molar-refractivity contribution is 7.22. The van der Waals surface area contributed by atoms with E-state index in [2.05, 4.69) is 10.3 Å². The number of rotatable bonds is 3. The van der Waals surface area contributed by atoms with Crippen LogP contribution in [0.5, 0.6) is 17.2 Å². The lowest BCUT2D eigenvalue weighted by atomic mass is 10.1. The maximum absolute atomic E-state index is 12.6. The van der Waals surface area contributed by atoms with Crippen molar-refractivity contribution in [2.45, 2.75) is 19.1 Å². The number of benzene rings is 2. The van der Waals surface area contributed by atoms with Gasteiger partial charge in [-0.05, 0) is 31.2 Å². The van der Waals surface area contributed by atoms with Gasteiger partial charge in [0.1, 0.15) is 17.4 Å². The minimum Gasteiger partial charge on any atom is -0.494 e. The molecule has 1 aliphatic heterocycles. The predicted octanol–water partition coefficient (Wildman–Crippen LogP) is 3.47. The van der Waals surface area contributed by atoms with E-state index in [1.165, 1.54) is 11.3 Å². The van der Waals surface area contributed by atoms with Gasteiger partial charge in [-0.2, -0.15) is 0 Å². The largest absolute Gasteiger partial charge is 0.494 e. The second kappa shape index (κ2) is 6.25. The van der Waals surface area contributed by atoms with Crippen molar-refractivity contribution in [1.29, 1.82) is 0 Å². The van der Waals surface area contributed by atoms with Crippen LogP contribution in [0.2, 0.25) is 0 Å². The van der Waals surface area contributed by atoms with Gasteiger partial charge in [0.05, 0.1) is 11.8 Å². The molecule has 7 heteroatoms. The third-order valence-corrected chi connectivity index (χ3v) is 4.87. The lowest BCUT2D eigenvalue weighted by molar-refractivity contribution is -0.128. The van der Waals surface area contributed by atoms with Crippen molar-refractivity contribution in [2.75, 3.05) is 12.4 Å². The van der Waals surface area contributed by atoms with Crippen molar-refractivity contribution in [3.8, 4) is 17.2 Å². The summed E-state index contributed by atoms with van der Waals surface area (Å²) in [4.78, 5) is 17.1. The average Bonchev–Trinajstić information content (AvgIpc) is 3.03. The molecule has 0 saturated heterocycles. The number of thiazole rings is 1. The first kappa shape index (κ1) is 15.7. The van der Waals surface area contributed by atoms with Crippen LogP contribution in [0.25, 0.3) is 10.2 Å². The quantitative estimate of drug-likeness (QED) is 0.778. The Balaban J connectivity index is 1.56. The number of nitrogens with one attached hydrogen (secondary N) is 1. The average molecular weight is 356 g/mol. The van der Waals surface area contributed by atoms with E-state index in [1.807, 2.05) is 43.3 Å². The molecule has 2 heterocycles. The fourth-order valence-corrected chi connectivity index (χ4v) is 3.61. The van der Waals surface area contributed by atoms with Crippen LogP contribution in [0.1, 0.15) is 6.92 Å². The Morgan fingerprint density at radius 3 is 2.68 bits per heavy atom. The molecule has 1 N–H and O–H groups in total. The molecular formula is C18H16N2O4S.